The summed E-state index contributed by atoms with van der Waals surface area (Å²) in [6.07, 6.45) is 0. The first-order valence-corrected chi connectivity index (χ1v) is 6.33. The minimum Gasteiger partial charge on any atom is -0.506 e. The molecule has 2 N–H and O–H groups in total. The predicted molar refractivity (Wildman–Crippen MR) is 65.9 cm³/mol. The first-order chi connectivity index (χ1) is 6.37. The van der Waals surface area contributed by atoms with Crippen LogP contribution in [0.2, 0.25) is 0 Å². The molecule has 0 atom stereocenters. The van der Waals surface area contributed by atoms with Gasteiger partial charge >= 0.3 is 5.97 Å². The van der Waals surface area contributed by atoms with Crippen LogP contribution in [0.5, 0.6) is 5.75 Å². The van der Waals surface area contributed by atoms with Crippen LogP contribution >= 0.6 is 63.7 Å². The van der Waals surface area contributed by atoms with E-state index in [9.17, 15) is 9.90 Å². The number of hydrogen-bond acceptors (Lipinski definition) is 2. The Hall–Kier alpha value is 0.410. The van der Waals surface area contributed by atoms with E-state index in [1.807, 2.05) is 0 Å². The van der Waals surface area contributed by atoms with Crippen LogP contribution in [0.25, 0.3) is 0 Å². The Kier molecular flexibility index (Phi) is 4.02. The zero-order valence-corrected chi connectivity index (χ0v) is 12.7. The summed E-state index contributed by atoms with van der Waals surface area (Å²) in [6.45, 7) is 0. The van der Waals surface area contributed by atoms with Gasteiger partial charge in [-0.05, 0) is 63.7 Å². The highest BCUT2D eigenvalue weighted by Crippen LogP contribution is 2.45. The predicted octanol–water partition coefficient (Wildman–Crippen LogP) is 4.14. The largest absolute Gasteiger partial charge is 0.506 e. The van der Waals surface area contributed by atoms with Gasteiger partial charge in [-0.3, -0.25) is 0 Å². The van der Waals surface area contributed by atoms with E-state index < -0.39 is 5.97 Å². The SMILES string of the molecule is O=C(O)c1c(Br)c(O)c(Br)c(Br)c1Br. The van der Waals surface area contributed by atoms with Crippen molar-refractivity contribution in [1.82, 2.24) is 0 Å². The smallest absolute Gasteiger partial charge is 0.338 e. The summed E-state index contributed by atoms with van der Waals surface area (Å²) < 4.78 is 1.34. The number of benzene rings is 1. The van der Waals surface area contributed by atoms with Gasteiger partial charge in [0.2, 0.25) is 0 Å². The average molecular weight is 454 g/mol. The fraction of sp³-hybridized carbons (Fsp3) is 0. The van der Waals surface area contributed by atoms with Crippen molar-refractivity contribution in [2.75, 3.05) is 0 Å². The molecule has 0 bridgehead atoms. The maximum Gasteiger partial charge on any atom is 0.338 e. The molecule has 0 aliphatic heterocycles. The number of aromatic hydroxyl groups is 1. The Morgan fingerprint density at radius 3 is 1.86 bits per heavy atom. The number of aromatic carboxylic acids is 1. The van der Waals surface area contributed by atoms with E-state index in [2.05, 4.69) is 63.7 Å². The Morgan fingerprint density at radius 1 is 0.929 bits per heavy atom. The molecule has 14 heavy (non-hydrogen) atoms. The van der Waals surface area contributed by atoms with Crippen LogP contribution in [0.4, 0.5) is 0 Å². The van der Waals surface area contributed by atoms with Crippen LogP contribution in [-0.2, 0) is 0 Å². The molecule has 0 unspecified atom stereocenters. The summed E-state index contributed by atoms with van der Waals surface area (Å²) in [5.41, 5.74) is -0.0300. The van der Waals surface area contributed by atoms with E-state index in [-0.39, 0.29) is 15.8 Å². The Bertz CT molecular complexity index is 387. The first kappa shape index (κ1) is 12.5. The molecular formula is C7H2Br4O3. The maximum atomic E-state index is 10.9. The second-order valence-corrected chi connectivity index (χ2v) is 5.46. The van der Waals surface area contributed by atoms with Gasteiger partial charge in [-0.1, -0.05) is 0 Å². The lowest BCUT2D eigenvalue weighted by molar-refractivity contribution is 0.0694. The third-order valence-corrected chi connectivity index (χ3v) is 5.65. The number of carboxylic acid groups (broad SMARTS) is 1. The summed E-state index contributed by atoms with van der Waals surface area (Å²) in [7, 11) is 0. The van der Waals surface area contributed by atoms with E-state index in [1.165, 1.54) is 0 Å². The highest BCUT2D eigenvalue weighted by molar-refractivity contribution is 9.14. The van der Waals surface area contributed by atoms with Crippen molar-refractivity contribution >= 4 is 69.7 Å². The fourth-order valence-electron chi connectivity index (χ4n) is 0.809. The van der Waals surface area contributed by atoms with Crippen LogP contribution in [0, 0.1) is 0 Å². The topological polar surface area (TPSA) is 57.5 Å². The molecule has 1 rings (SSSR count). The zero-order chi connectivity index (χ0) is 11.0. The van der Waals surface area contributed by atoms with Gasteiger partial charge in [0.05, 0.1) is 19.0 Å². The molecule has 0 heterocycles. The van der Waals surface area contributed by atoms with Crippen molar-refractivity contribution in [3.63, 3.8) is 0 Å². The number of phenols is 1. The number of rotatable bonds is 1. The van der Waals surface area contributed by atoms with Gasteiger partial charge < -0.3 is 10.2 Å². The van der Waals surface area contributed by atoms with Crippen molar-refractivity contribution in [1.29, 1.82) is 0 Å². The van der Waals surface area contributed by atoms with Crippen molar-refractivity contribution in [2.24, 2.45) is 0 Å². The maximum absolute atomic E-state index is 10.9. The number of halogens is 4. The molecule has 0 aromatic heterocycles. The summed E-state index contributed by atoms with van der Waals surface area (Å²) in [6, 6.07) is 0. The molecule has 7 heteroatoms. The van der Waals surface area contributed by atoms with Crippen LogP contribution in [-0.4, -0.2) is 16.2 Å². The van der Waals surface area contributed by atoms with Crippen molar-refractivity contribution in [3.8, 4) is 5.75 Å². The standard InChI is InChI=1S/C7H2Br4O3/c8-2-1(7(13)14)3(9)6(12)5(11)4(2)10/h12H,(H,13,14). The molecule has 0 amide bonds. The van der Waals surface area contributed by atoms with E-state index in [4.69, 9.17) is 5.11 Å². The highest BCUT2D eigenvalue weighted by Gasteiger charge is 2.22. The third-order valence-electron chi connectivity index (χ3n) is 1.45. The highest BCUT2D eigenvalue weighted by atomic mass is 79.9. The second kappa shape index (κ2) is 4.51. The summed E-state index contributed by atoms with van der Waals surface area (Å²) in [5, 5.41) is 18.4. The number of hydrogen-bond donors (Lipinski definition) is 2. The van der Waals surface area contributed by atoms with Gasteiger partial charge in [0, 0.05) is 4.47 Å². The molecular weight excluding hydrogens is 452 g/mol. The monoisotopic (exact) mass is 450 g/mol. The number of carboxylic acids is 1. The lowest BCUT2D eigenvalue weighted by Gasteiger charge is -2.09. The van der Waals surface area contributed by atoms with Gasteiger partial charge in [-0.2, -0.15) is 0 Å². The van der Waals surface area contributed by atoms with Gasteiger partial charge in [0.1, 0.15) is 5.75 Å². The van der Waals surface area contributed by atoms with Crippen LogP contribution in [0.3, 0.4) is 0 Å². The Morgan fingerprint density at radius 2 is 1.43 bits per heavy atom. The van der Waals surface area contributed by atoms with Gasteiger partial charge in [-0.15, -0.1) is 0 Å². The minimum absolute atomic E-state index is 0.0300. The Balaban J connectivity index is 3.68. The molecule has 1 aromatic carbocycles. The third kappa shape index (κ3) is 2.00. The summed E-state index contributed by atoms with van der Waals surface area (Å²) in [4.78, 5) is 10.9. The van der Waals surface area contributed by atoms with Crippen molar-refractivity contribution < 1.29 is 15.0 Å². The fourth-order valence-corrected chi connectivity index (χ4v) is 3.52. The molecule has 1 aromatic rings. The second-order valence-electron chi connectivity index (χ2n) is 2.28. The molecule has 0 saturated heterocycles. The van der Waals surface area contributed by atoms with Crippen LogP contribution in [0.1, 0.15) is 10.4 Å². The zero-order valence-electron chi connectivity index (χ0n) is 6.31. The van der Waals surface area contributed by atoms with Crippen LogP contribution < -0.4 is 0 Å². The molecule has 0 fully saturated rings. The van der Waals surface area contributed by atoms with Crippen LogP contribution in [0.15, 0.2) is 17.9 Å². The minimum atomic E-state index is -1.13. The normalized spacial score (nSPS) is 10.3. The molecule has 76 valence electrons. The summed E-state index contributed by atoms with van der Waals surface area (Å²) >= 11 is 12.4. The van der Waals surface area contributed by atoms with E-state index in [0.717, 1.165) is 0 Å². The van der Waals surface area contributed by atoms with E-state index >= 15 is 0 Å². The van der Waals surface area contributed by atoms with E-state index in [1.54, 1.807) is 0 Å². The van der Waals surface area contributed by atoms with Gasteiger partial charge in [-0.25, -0.2) is 4.79 Å². The molecule has 0 spiro atoms. The molecule has 0 saturated carbocycles. The number of carbonyl (C=O) groups is 1. The van der Waals surface area contributed by atoms with Crippen molar-refractivity contribution in [3.05, 3.63) is 23.5 Å². The molecule has 0 aliphatic carbocycles. The van der Waals surface area contributed by atoms with E-state index in [0.29, 0.717) is 13.4 Å². The molecule has 0 aliphatic rings. The Labute approximate surface area is 113 Å². The number of phenolic OH excluding ortho intramolecular Hbond substituents is 1. The molecule has 0 radical (unpaired) electrons. The first-order valence-electron chi connectivity index (χ1n) is 3.16. The lowest BCUT2D eigenvalue weighted by atomic mass is 10.2. The van der Waals surface area contributed by atoms with Gasteiger partial charge in [0.15, 0.2) is 0 Å². The molecule has 3 nitrogen and oxygen atoms in total. The van der Waals surface area contributed by atoms with Gasteiger partial charge in [0.25, 0.3) is 0 Å². The van der Waals surface area contributed by atoms with Crippen molar-refractivity contribution in [2.45, 2.75) is 0 Å². The quantitative estimate of drug-likeness (QED) is 0.496. The lowest BCUT2D eigenvalue weighted by Crippen LogP contribution is -2.00. The summed E-state index contributed by atoms with van der Waals surface area (Å²) in [5.74, 6) is -1.29. The average Bonchev–Trinajstić information content (AvgIpc) is 2.11.